The first-order chi connectivity index (χ1) is 8.72. The number of nitrogens with one attached hydrogen (secondary N) is 1. The third-order valence-electron chi connectivity index (χ3n) is 3.73. The van der Waals surface area contributed by atoms with Crippen LogP contribution in [0.3, 0.4) is 0 Å². The third-order valence-corrected chi connectivity index (χ3v) is 4.62. The van der Waals surface area contributed by atoms with Crippen LogP contribution in [0.1, 0.15) is 31.2 Å². The van der Waals surface area contributed by atoms with E-state index in [-0.39, 0.29) is 12.4 Å². The van der Waals surface area contributed by atoms with E-state index >= 15 is 0 Å². The highest BCUT2D eigenvalue weighted by Crippen LogP contribution is 2.25. The summed E-state index contributed by atoms with van der Waals surface area (Å²) < 4.78 is 13.9. The minimum atomic E-state index is -0.225. The molecule has 1 aromatic rings. The molecule has 1 aliphatic rings. The van der Waals surface area contributed by atoms with Gasteiger partial charge in [0.2, 0.25) is 0 Å². The second-order valence-electron chi connectivity index (χ2n) is 4.93. The van der Waals surface area contributed by atoms with Gasteiger partial charge in [0.1, 0.15) is 5.82 Å². The lowest BCUT2D eigenvalue weighted by molar-refractivity contribution is 0.152. The van der Waals surface area contributed by atoms with Crippen LogP contribution in [0, 0.1) is 11.7 Å². The van der Waals surface area contributed by atoms with Crippen molar-refractivity contribution in [2.45, 2.75) is 38.3 Å². The molecule has 2 N–H and O–H groups in total. The Morgan fingerprint density at radius 1 is 1.33 bits per heavy atom. The highest BCUT2D eigenvalue weighted by atomic mass is 79.9. The van der Waals surface area contributed by atoms with Crippen molar-refractivity contribution in [2.75, 3.05) is 6.61 Å². The maximum atomic E-state index is 13.4. The van der Waals surface area contributed by atoms with E-state index < -0.39 is 0 Å². The highest BCUT2D eigenvalue weighted by Gasteiger charge is 2.23. The van der Waals surface area contributed by atoms with Gasteiger partial charge in [-0.05, 0) is 46.3 Å². The zero-order chi connectivity index (χ0) is 13.0. The Kier molecular flexibility index (Phi) is 5.15. The Morgan fingerprint density at radius 2 is 2.11 bits per heavy atom. The molecule has 18 heavy (non-hydrogen) atoms. The summed E-state index contributed by atoms with van der Waals surface area (Å²) in [5.74, 6) is 0.114. The molecule has 1 aliphatic carbocycles. The van der Waals surface area contributed by atoms with Gasteiger partial charge in [-0.1, -0.05) is 25.0 Å². The number of rotatable bonds is 4. The minimum Gasteiger partial charge on any atom is -0.396 e. The summed E-state index contributed by atoms with van der Waals surface area (Å²) in [6, 6.07) is 5.43. The normalized spacial score (nSPS) is 24.2. The van der Waals surface area contributed by atoms with Crippen molar-refractivity contribution < 1.29 is 9.50 Å². The van der Waals surface area contributed by atoms with Crippen molar-refractivity contribution in [1.29, 1.82) is 0 Å². The van der Waals surface area contributed by atoms with Crippen LogP contribution in [0.2, 0.25) is 0 Å². The summed E-state index contributed by atoms with van der Waals surface area (Å²) in [5.41, 5.74) is 0.928. The third kappa shape index (κ3) is 3.31. The second-order valence-corrected chi connectivity index (χ2v) is 5.72. The van der Waals surface area contributed by atoms with Crippen LogP contribution in [-0.4, -0.2) is 17.8 Å². The molecule has 2 atom stereocenters. The molecule has 0 spiro atoms. The molecular formula is C14H19BrFNO. The predicted octanol–water partition coefficient (Wildman–Crippen LogP) is 3.23. The fourth-order valence-corrected chi connectivity index (χ4v) is 3.03. The highest BCUT2D eigenvalue weighted by molar-refractivity contribution is 9.10. The zero-order valence-electron chi connectivity index (χ0n) is 10.3. The predicted molar refractivity (Wildman–Crippen MR) is 73.8 cm³/mol. The fraction of sp³-hybridized carbons (Fsp3) is 0.571. The number of hydrogen-bond acceptors (Lipinski definition) is 2. The lowest BCUT2D eigenvalue weighted by Crippen LogP contribution is -2.39. The Hall–Kier alpha value is -0.450. The molecule has 2 rings (SSSR count). The lowest BCUT2D eigenvalue weighted by atomic mass is 9.85. The maximum absolute atomic E-state index is 13.4. The molecule has 0 amide bonds. The molecule has 1 aromatic carbocycles. The molecule has 0 aliphatic heterocycles. The average molecular weight is 316 g/mol. The smallest absolute Gasteiger partial charge is 0.137 e. The SMILES string of the molecule is OCC1CCCCC1NCc1cccc(F)c1Br. The van der Waals surface area contributed by atoms with Gasteiger partial charge in [-0.2, -0.15) is 0 Å². The van der Waals surface area contributed by atoms with Crippen molar-refractivity contribution >= 4 is 15.9 Å². The van der Waals surface area contributed by atoms with Gasteiger partial charge in [-0.3, -0.25) is 0 Å². The van der Waals surface area contributed by atoms with Crippen LogP contribution in [0.4, 0.5) is 4.39 Å². The van der Waals surface area contributed by atoms with E-state index in [1.54, 1.807) is 6.07 Å². The molecule has 0 radical (unpaired) electrons. The standard InChI is InChI=1S/C14H19BrFNO/c15-14-10(5-3-6-12(14)16)8-17-13-7-2-1-4-11(13)9-18/h3,5-6,11,13,17-18H,1-2,4,7-9H2. The molecule has 0 bridgehead atoms. The number of hydrogen-bond donors (Lipinski definition) is 2. The van der Waals surface area contributed by atoms with E-state index in [1.807, 2.05) is 6.07 Å². The van der Waals surface area contributed by atoms with Crippen LogP contribution >= 0.6 is 15.9 Å². The topological polar surface area (TPSA) is 32.3 Å². The molecule has 2 unspecified atom stereocenters. The minimum absolute atomic E-state index is 0.225. The lowest BCUT2D eigenvalue weighted by Gasteiger charge is -2.31. The number of aliphatic hydroxyl groups excluding tert-OH is 1. The molecule has 0 saturated heterocycles. The quantitative estimate of drug-likeness (QED) is 0.894. The number of aliphatic hydroxyl groups is 1. The van der Waals surface area contributed by atoms with Gasteiger partial charge in [0, 0.05) is 19.2 Å². The van der Waals surface area contributed by atoms with Gasteiger partial charge in [-0.25, -0.2) is 4.39 Å². The first kappa shape index (κ1) is 14.0. The van der Waals surface area contributed by atoms with E-state index in [4.69, 9.17) is 0 Å². The Morgan fingerprint density at radius 3 is 2.89 bits per heavy atom. The molecular weight excluding hydrogens is 297 g/mol. The molecule has 4 heteroatoms. The molecule has 1 fully saturated rings. The molecule has 100 valence electrons. The summed E-state index contributed by atoms with van der Waals surface area (Å²) in [6.45, 7) is 0.876. The van der Waals surface area contributed by atoms with E-state index in [1.165, 1.54) is 18.9 Å². The summed E-state index contributed by atoms with van der Waals surface area (Å²) in [5, 5.41) is 12.8. The van der Waals surface area contributed by atoms with Crippen molar-refractivity contribution in [3.05, 3.63) is 34.1 Å². The average Bonchev–Trinajstić information content (AvgIpc) is 2.41. The fourth-order valence-electron chi connectivity index (χ4n) is 2.62. The van der Waals surface area contributed by atoms with E-state index in [2.05, 4.69) is 21.2 Å². The van der Waals surface area contributed by atoms with Crippen molar-refractivity contribution in [1.82, 2.24) is 5.32 Å². The summed E-state index contributed by atoms with van der Waals surface area (Å²) in [6.07, 6.45) is 4.59. The first-order valence-electron chi connectivity index (χ1n) is 6.49. The van der Waals surface area contributed by atoms with Crippen molar-refractivity contribution in [3.63, 3.8) is 0 Å². The summed E-state index contributed by atoms with van der Waals surface area (Å²) in [7, 11) is 0. The second kappa shape index (κ2) is 6.64. The van der Waals surface area contributed by atoms with E-state index in [9.17, 15) is 9.50 Å². The monoisotopic (exact) mass is 315 g/mol. The van der Waals surface area contributed by atoms with E-state index in [0.29, 0.717) is 23.0 Å². The Labute approximate surface area is 116 Å². The maximum Gasteiger partial charge on any atom is 0.137 e. The van der Waals surface area contributed by atoms with Crippen LogP contribution in [-0.2, 0) is 6.54 Å². The molecule has 2 nitrogen and oxygen atoms in total. The number of benzene rings is 1. The number of halogens is 2. The largest absolute Gasteiger partial charge is 0.396 e. The van der Waals surface area contributed by atoms with Gasteiger partial charge in [0.15, 0.2) is 0 Å². The van der Waals surface area contributed by atoms with Gasteiger partial charge in [0.05, 0.1) is 4.47 Å². The Bertz CT molecular complexity index is 399. The van der Waals surface area contributed by atoms with Crippen molar-refractivity contribution in [2.24, 2.45) is 5.92 Å². The Balaban J connectivity index is 1.96. The van der Waals surface area contributed by atoms with Gasteiger partial charge >= 0.3 is 0 Å². The van der Waals surface area contributed by atoms with Gasteiger partial charge in [-0.15, -0.1) is 0 Å². The van der Waals surface area contributed by atoms with Crippen LogP contribution in [0.25, 0.3) is 0 Å². The van der Waals surface area contributed by atoms with Crippen LogP contribution in [0.15, 0.2) is 22.7 Å². The van der Waals surface area contributed by atoms with Gasteiger partial charge < -0.3 is 10.4 Å². The van der Waals surface area contributed by atoms with Gasteiger partial charge in [0.25, 0.3) is 0 Å². The van der Waals surface area contributed by atoms with Crippen LogP contribution < -0.4 is 5.32 Å². The molecule has 0 aromatic heterocycles. The summed E-state index contributed by atoms with van der Waals surface area (Å²) in [4.78, 5) is 0. The van der Waals surface area contributed by atoms with E-state index in [0.717, 1.165) is 18.4 Å². The van der Waals surface area contributed by atoms with Crippen molar-refractivity contribution in [3.8, 4) is 0 Å². The molecule has 1 saturated carbocycles. The van der Waals surface area contributed by atoms with Crippen LogP contribution in [0.5, 0.6) is 0 Å². The summed E-state index contributed by atoms with van der Waals surface area (Å²) >= 11 is 3.27. The molecule has 0 heterocycles. The first-order valence-corrected chi connectivity index (χ1v) is 7.29. The zero-order valence-corrected chi connectivity index (χ0v) is 11.9.